The summed E-state index contributed by atoms with van der Waals surface area (Å²) in [7, 11) is -2.39. The molecule has 0 spiro atoms. The molecule has 0 radical (unpaired) electrons. The van der Waals surface area contributed by atoms with Crippen LogP contribution in [0.3, 0.4) is 0 Å². The van der Waals surface area contributed by atoms with E-state index in [0.29, 0.717) is 0 Å². The van der Waals surface area contributed by atoms with Crippen LogP contribution in [0.15, 0.2) is 0 Å². The topological polar surface area (TPSA) is 104 Å². The first kappa shape index (κ1) is 36.3. The normalized spacial score (nSPS) is 4.93. The molecule has 0 amide bonds. The molecule has 4 nitrogen and oxygen atoms in total. The predicted octanol–water partition coefficient (Wildman–Crippen LogP) is 1.27. The summed E-state index contributed by atoms with van der Waals surface area (Å²) in [6, 6.07) is 0. The molecular weight excluding hydrogens is 437 g/mol. The maximum Gasteiger partial charge on any atom is 0.287 e. The molecule has 15 heavy (non-hydrogen) atoms. The summed E-state index contributed by atoms with van der Waals surface area (Å²) in [4.78, 5) is 0. The molecule has 0 fully saturated rings. The monoisotopic (exact) mass is 453 g/mol. The van der Waals surface area contributed by atoms with Crippen molar-refractivity contribution in [1.82, 2.24) is 0 Å². The first-order valence-corrected chi connectivity index (χ1v) is 10.9. The van der Waals surface area contributed by atoms with Crippen LogP contribution in [-0.2, 0) is 0 Å². The lowest BCUT2D eigenvalue weighted by Crippen LogP contribution is -2.29. The molecule has 8 N–H and O–H groups in total. The Bertz CT molecular complexity index is 116. The first-order chi connectivity index (χ1) is 7.00. The molecule has 0 aromatic carbocycles. The number of terminal acetylenes is 4. The molecular formula is C8H16I2N4P+. The van der Waals surface area contributed by atoms with Gasteiger partial charge < -0.3 is 0 Å². The van der Waals surface area contributed by atoms with E-state index >= 15 is 0 Å². The summed E-state index contributed by atoms with van der Waals surface area (Å²) in [6.45, 7) is 0. The second-order valence-electron chi connectivity index (χ2n) is 0.894. The molecule has 0 aliphatic rings. The van der Waals surface area contributed by atoms with Gasteiger partial charge in [0.15, 0.2) is 0 Å². The third-order valence-corrected chi connectivity index (χ3v) is 0. The van der Waals surface area contributed by atoms with Gasteiger partial charge in [0.05, 0.1) is 0 Å². The maximum absolute atomic E-state index is 4.80. The molecule has 0 aromatic heterocycles. The summed E-state index contributed by atoms with van der Waals surface area (Å²) in [5, 5.41) is 0. The van der Waals surface area contributed by atoms with Crippen molar-refractivity contribution >= 4 is 45.1 Å². The molecule has 0 aliphatic carbocycles. The van der Waals surface area contributed by atoms with Crippen molar-refractivity contribution in [3.8, 4) is 51.4 Å². The van der Waals surface area contributed by atoms with E-state index in [9.17, 15) is 0 Å². The van der Waals surface area contributed by atoms with E-state index in [1.54, 1.807) is 0 Å². The highest BCUT2D eigenvalue weighted by Gasteiger charge is 2.08. The highest BCUT2D eigenvalue weighted by Crippen LogP contribution is 2.13. The largest absolute Gasteiger partial charge is 0.287 e. The van der Waals surface area contributed by atoms with Gasteiger partial charge >= 0.3 is 0 Å². The molecule has 0 saturated heterocycles. The fraction of sp³-hybridized carbons (Fsp3) is 0. The lowest BCUT2D eigenvalue weighted by atomic mass is 11.4. The van der Waals surface area contributed by atoms with E-state index in [0.717, 1.165) is 0 Å². The predicted molar refractivity (Wildman–Crippen MR) is 91.3 cm³/mol. The molecule has 0 unspecified atom stereocenters. The molecule has 0 heterocycles. The Balaban J connectivity index is -0.0000000177. The fourth-order valence-electron chi connectivity index (χ4n) is 0. The molecule has 0 saturated carbocycles. The minimum absolute atomic E-state index is 2.12. The van der Waals surface area contributed by atoms with Crippen LogP contribution in [0.2, 0.25) is 0 Å². The van der Waals surface area contributed by atoms with E-state index in [1.807, 2.05) is 0 Å². The van der Waals surface area contributed by atoms with Gasteiger partial charge in [-0.05, 0) is 0 Å². The highest BCUT2D eigenvalue weighted by atomic mass is 128. The van der Waals surface area contributed by atoms with Crippen molar-refractivity contribution in [1.29, 1.82) is 0 Å². The van der Waals surface area contributed by atoms with Crippen molar-refractivity contribution in [2.24, 2.45) is 22.0 Å². The van der Waals surface area contributed by atoms with Crippen molar-refractivity contribution in [2.45, 2.75) is 0 Å². The Morgan fingerprint density at radius 1 is 0.533 bits per heavy atom. The zero-order valence-electron chi connectivity index (χ0n) is 8.13. The van der Waals surface area contributed by atoms with Gasteiger partial charge in [-0.1, -0.05) is 0 Å². The van der Waals surface area contributed by atoms with Gasteiger partial charge in [-0.3, -0.25) is 0 Å². The van der Waals surface area contributed by atoms with Crippen LogP contribution in [0.25, 0.3) is 0 Å². The number of hydrogen-bond acceptors (Lipinski definition) is 4. The van der Waals surface area contributed by atoms with E-state index in [-0.39, 0.29) is 0 Å². The smallest absolute Gasteiger partial charge is 0.159 e. The van der Waals surface area contributed by atoms with Crippen LogP contribution < -0.4 is 22.0 Å². The standard InChI is InChI=1S/4C2H2.I2.H8N4P/c5*1-2;1-5(2,3)4/h4*1-2H;;1-4H2/q;;;;;+1. The minimum atomic E-state index is -2.39. The van der Waals surface area contributed by atoms with Gasteiger partial charge in [-0.25, -0.2) is 0 Å². The number of rotatable bonds is 0. The molecule has 0 rings (SSSR count). The van der Waals surface area contributed by atoms with Crippen LogP contribution in [0.4, 0.5) is 0 Å². The minimum Gasteiger partial charge on any atom is -0.159 e. The molecule has 86 valence electrons. The zero-order valence-corrected chi connectivity index (χ0v) is 13.3. The lowest BCUT2D eigenvalue weighted by molar-refractivity contribution is 1.52. The van der Waals surface area contributed by atoms with Crippen molar-refractivity contribution < 1.29 is 0 Å². The van der Waals surface area contributed by atoms with Crippen LogP contribution in [0.1, 0.15) is 0 Å². The second-order valence-corrected chi connectivity index (χ2v) is 2.68. The Hall–Kier alpha value is -0.0300. The van der Waals surface area contributed by atoms with E-state index in [4.69, 9.17) is 22.0 Å². The number of nitrogens with two attached hydrogens (primary N) is 4. The highest BCUT2D eigenvalue weighted by molar-refractivity contribution is 15.0. The maximum atomic E-state index is 4.80. The Labute approximate surface area is 118 Å². The molecule has 0 bridgehead atoms. The van der Waals surface area contributed by atoms with Gasteiger partial charge in [0, 0.05) is 37.2 Å². The Morgan fingerprint density at radius 2 is 0.533 bits per heavy atom. The van der Waals surface area contributed by atoms with E-state index < -0.39 is 7.87 Å². The summed E-state index contributed by atoms with van der Waals surface area (Å²) in [6.07, 6.45) is 32.0. The fourth-order valence-corrected chi connectivity index (χ4v) is 0. The average Bonchev–Trinajstić information content (AvgIpc) is 2.29. The van der Waals surface area contributed by atoms with Gasteiger partial charge in [0.1, 0.15) is 0 Å². The Morgan fingerprint density at radius 3 is 0.533 bits per heavy atom. The molecule has 0 aliphatic heterocycles. The van der Waals surface area contributed by atoms with E-state index in [1.165, 1.54) is 0 Å². The lowest BCUT2D eigenvalue weighted by Gasteiger charge is -1.95. The van der Waals surface area contributed by atoms with Gasteiger partial charge in [-0.15, -0.1) is 51.4 Å². The van der Waals surface area contributed by atoms with Crippen molar-refractivity contribution in [2.75, 3.05) is 0 Å². The molecule has 7 heteroatoms. The first-order valence-electron chi connectivity index (χ1n) is 2.51. The number of hydrogen-bond donors (Lipinski definition) is 4. The van der Waals surface area contributed by atoms with Crippen molar-refractivity contribution in [3.05, 3.63) is 0 Å². The summed E-state index contributed by atoms with van der Waals surface area (Å²) >= 11 is 4.24. The summed E-state index contributed by atoms with van der Waals surface area (Å²) in [5.41, 5.74) is 19.2. The SMILES string of the molecule is C#C.C#C.C#C.C#C.II.N[P+](N)(N)N. The molecule has 0 aromatic rings. The van der Waals surface area contributed by atoms with Gasteiger partial charge in [0.25, 0.3) is 7.87 Å². The average molecular weight is 453 g/mol. The van der Waals surface area contributed by atoms with Gasteiger partial charge in [0.2, 0.25) is 0 Å². The summed E-state index contributed by atoms with van der Waals surface area (Å²) < 4.78 is 0. The number of halogens is 2. The van der Waals surface area contributed by atoms with Gasteiger partial charge in [-0.2, -0.15) is 22.0 Å². The van der Waals surface area contributed by atoms with Crippen molar-refractivity contribution in [3.63, 3.8) is 0 Å². The van der Waals surface area contributed by atoms with Crippen LogP contribution >= 0.6 is 45.1 Å². The summed E-state index contributed by atoms with van der Waals surface area (Å²) in [5.74, 6) is 0. The molecule has 0 atom stereocenters. The quantitative estimate of drug-likeness (QED) is 0.252. The zero-order chi connectivity index (χ0) is 14.5. The third kappa shape index (κ3) is 2220000. The van der Waals surface area contributed by atoms with E-state index in [2.05, 4.69) is 88.6 Å². The van der Waals surface area contributed by atoms with Crippen LogP contribution in [-0.4, -0.2) is 0 Å². The Kier molecular flexibility index (Phi) is 160. The van der Waals surface area contributed by atoms with Crippen LogP contribution in [0.5, 0.6) is 0 Å². The third-order valence-electron chi connectivity index (χ3n) is 0. The second kappa shape index (κ2) is 65.9. The van der Waals surface area contributed by atoms with Crippen LogP contribution in [0, 0.1) is 51.4 Å².